The molecule has 1 amide bonds. The lowest BCUT2D eigenvalue weighted by Crippen LogP contribution is -2.47. The van der Waals surface area contributed by atoms with Crippen LogP contribution >= 0.6 is 35.3 Å². The van der Waals surface area contributed by atoms with E-state index >= 15 is 0 Å². The van der Waals surface area contributed by atoms with Gasteiger partial charge in [0, 0.05) is 25.0 Å². The van der Waals surface area contributed by atoms with Crippen LogP contribution in [-0.4, -0.2) is 37.0 Å². The van der Waals surface area contributed by atoms with Crippen molar-refractivity contribution in [2.75, 3.05) is 20.1 Å². The highest BCUT2D eigenvalue weighted by atomic mass is 127. The summed E-state index contributed by atoms with van der Waals surface area (Å²) < 4.78 is 0. The first kappa shape index (κ1) is 22.1. The van der Waals surface area contributed by atoms with Crippen LogP contribution in [-0.2, 0) is 11.3 Å². The number of hydrogen-bond donors (Lipinski definition) is 3. The number of aryl methyl sites for hydroxylation is 2. The monoisotopic (exact) mass is 453 g/mol. The van der Waals surface area contributed by atoms with E-state index in [1.54, 1.807) is 18.4 Å². The molecule has 0 spiro atoms. The zero-order valence-electron chi connectivity index (χ0n) is 14.7. The first-order valence-electron chi connectivity index (χ1n) is 7.47. The van der Waals surface area contributed by atoms with E-state index in [0.29, 0.717) is 19.0 Å². The Morgan fingerprint density at radius 3 is 2.43 bits per heavy atom. The average molecular weight is 453 g/mol. The molecular formula is C15H28IN5OS. The molecule has 23 heavy (non-hydrogen) atoms. The van der Waals surface area contributed by atoms with E-state index in [4.69, 9.17) is 0 Å². The summed E-state index contributed by atoms with van der Waals surface area (Å²) in [5.74, 6) is 0.701. The summed E-state index contributed by atoms with van der Waals surface area (Å²) in [6.45, 7) is 11.7. The van der Waals surface area contributed by atoms with Crippen molar-refractivity contribution in [2.24, 2.45) is 10.4 Å². The molecule has 8 heteroatoms. The Hall–Kier alpha value is -0.900. The summed E-state index contributed by atoms with van der Waals surface area (Å²) in [5.41, 5.74) is 0.563. The molecule has 6 nitrogen and oxygen atoms in total. The van der Waals surface area contributed by atoms with E-state index in [9.17, 15) is 4.79 Å². The quantitative estimate of drug-likeness (QED) is 0.351. The van der Waals surface area contributed by atoms with Crippen LogP contribution in [0.4, 0.5) is 0 Å². The highest BCUT2D eigenvalue weighted by Crippen LogP contribution is 2.17. The van der Waals surface area contributed by atoms with E-state index in [2.05, 4.69) is 32.9 Å². The second-order valence-electron chi connectivity index (χ2n) is 5.76. The molecule has 132 valence electrons. The smallest absolute Gasteiger partial charge is 0.227 e. The Balaban J connectivity index is 0.00000484. The summed E-state index contributed by atoms with van der Waals surface area (Å²) >= 11 is 1.67. The molecule has 1 heterocycles. The Kier molecular flexibility index (Phi) is 9.67. The van der Waals surface area contributed by atoms with Gasteiger partial charge >= 0.3 is 0 Å². The maximum absolute atomic E-state index is 11.8. The van der Waals surface area contributed by atoms with E-state index in [0.717, 1.165) is 17.2 Å². The SMILES string of the molecule is CCNC(=NCc1nc(C)c(C)s1)NCC(C)(C)C(=O)NC.I. The molecular weight excluding hydrogens is 425 g/mol. The molecule has 1 aromatic rings. The van der Waals surface area contributed by atoms with Crippen molar-refractivity contribution in [3.63, 3.8) is 0 Å². The van der Waals surface area contributed by atoms with Gasteiger partial charge in [-0.15, -0.1) is 35.3 Å². The summed E-state index contributed by atoms with van der Waals surface area (Å²) in [4.78, 5) is 22.1. The fourth-order valence-electron chi connectivity index (χ4n) is 1.82. The normalized spacial score (nSPS) is 11.7. The lowest BCUT2D eigenvalue weighted by Gasteiger charge is -2.24. The summed E-state index contributed by atoms with van der Waals surface area (Å²) in [6, 6.07) is 0. The summed E-state index contributed by atoms with van der Waals surface area (Å²) in [5, 5.41) is 10.1. The molecule has 0 saturated heterocycles. The lowest BCUT2D eigenvalue weighted by atomic mass is 9.92. The third kappa shape index (κ3) is 7.03. The first-order chi connectivity index (χ1) is 10.3. The molecule has 0 atom stereocenters. The van der Waals surface area contributed by atoms with Gasteiger partial charge in [-0.05, 0) is 34.6 Å². The number of nitrogens with zero attached hydrogens (tertiary/aromatic N) is 2. The molecule has 1 rings (SSSR count). The summed E-state index contributed by atoms with van der Waals surface area (Å²) in [7, 11) is 1.65. The second-order valence-corrected chi connectivity index (χ2v) is 7.05. The molecule has 0 unspecified atom stereocenters. The van der Waals surface area contributed by atoms with Gasteiger partial charge in [0.1, 0.15) is 5.01 Å². The lowest BCUT2D eigenvalue weighted by molar-refractivity contribution is -0.128. The third-order valence-electron chi connectivity index (χ3n) is 3.33. The number of carbonyl (C=O) groups is 1. The van der Waals surface area contributed by atoms with Gasteiger partial charge in [0.05, 0.1) is 17.7 Å². The third-order valence-corrected chi connectivity index (χ3v) is 4.39. The summed E-state index contributed by atoms with van der Waals surface area (Å²) in [6.07, 6.45) is 0. The molecule has 0 aliphatic heterocycles. The fourth-order valence-corrected chi connectivity index (χ4v) is 2.68. The predicted molar refractivity (Wildman–Crippen MR) is 108 cm³/mol. The van der Waals surface area contributed by atoms with Crippen LogP contribution in [0.2, 0.25) is 0 Å². The van der Waals surface area contributed by atoms with Crippen molar-refractivity contribution >= 4 is 47.2 Å². The van der Waals surface area contributed by atoms with Gasteiger partial charge in [0.15, 0.2) is 5.96 Å². The molecule has 3 N–H and O–H groups in total. The molecule has 0 fully saturated rings. The van der Waals surface area contributed by atoms with Gasteiger partial charge in [-0.2, -0.15) is 0 Å². The number of halogens is 1. The van der Waals surface area contributed by atoms with Crippen LogP contribution in [0.1, 0.15) is 36.3 Å². The minimum absolute atomic E-state index is 0. The number of aliphatic imine (C=N–C) groups is 1. The highest BCUT2D eigenvalue weighted by molar-refractivity contribution is 14.0. The van der Waals surface area contributed by atoms with Crippen molar-refractivity contribution in [2.45, 2.75) is 41.2 Å². The van der Waals surface area contributed by atoms with Crippen LogP contribution in [0.25, 0.3) is 0 Å². The van der Waals surface area contributed by atoms with Gasteiger partial charge in [0.25, 0.3) is 0 Å². The van der Waals surface area contributed by atoms with E-state index in [1.165, 1.54) is 4.88 Å². The zero-order chi connectivity index (χ0) is 16.8. The van der Waals surface area contributed by atoms with Crippen LogP contribution in [0.3, 0.4) is 0 Å². The number of amides is 1. The average Bonchev–Trinajstić information content (AvgIpc) is 2.79. The van der Waals surface area contributed by atoms with Crippen molar-refractivity contribution < 1.29 is 4.79 Å². The largest absolute Gasteiger partial charge is 0.359 e. The maximum atomic E-state index is 11.8. The number of rotatable bonds is 6. The fraction of sp³-hybridized carbons (Fsp3) is 0.667. The minimum Gasteiger partial charge on any atom is -0.359 e. The number of aromatic nitrogens is 1. The second kappa shape index (κ2) is 10.1. The highest BCUT2D eigenvalue weighted by Gasteiger charge is 2.26. The Morgan fingerprint density at radius 2 is 1.96 bits per heavy atom. The van der Waals surface area contributed by atoms with Gasteiger partial charge in [-0.3, -0.25) is 4.79 Å². The predicted octanol–water partition coefficient (Wildman–Crippen LogP) is 2.21. The number of hydrogen-bond acceptors (Lipinski definition) is 4. The molecule has 0 aliphatic carbocycles. The van der Waals surface area contributed by atoms with Crippen LogP contribution in [0.5, 0.6) is 0 Å². The van der Waals surface area contributed by atoms with Crippen molar-refractivity contribution in [3.8, 4) is 0 Å². The first-order valence-corrected chi connectivity index (χ1v) is 8.29. The number of guanidine groups is 1. The van der Waals surface area contributed by atoms with Crippen LogP contribution < -0.4 is 16.0 Å². The molecule has 0 aromatic carbocycles. The van der Waals surface area contributed by atoms with Crippen LogP contribution in [0.15, 0.2) is 4.99 Å². The van der Waals surface area contributed by atoms with Crippen molar-refractivity contribution in [1.29, 1.82) is 0 Å². The Labute approximate surface area is 160 Å². The van der Waals surface area contributed by atoms with E-state index < -0.39 is 5.41 Å². The molecule has 0 saturated carbocycles. The number of carbonyl (C=O) groups excluding carboxylic acids is 1. The molecule has 0 radical (unpaired) electrons. The molecule has 0 bridgehead atoms. The van der Waals surface area contributed by atoms with E-state index in [-0.39, 0.29) is 29.9 Å². The van der Waals surface area contributed by atoms with E-state index in [1.807, 2.05) is 27.7 Å². The standard InChI is InChI=1S/C15H27N5OS.HI/c1-7-17-14(19-9-15(4,5)13(21)16-6)18-8-12-20-10(2)11(3)22-12;/h7-9H2,1-6H3,(H,16,21)(H2,17,18,19);1H. The maximum Gasteiger partial charge on any atom is 0.227 e. The Bertz CT molecular complexity index is 522. The van der Waals surface area contributed by atoms with Crippen molar-refractivity contribution in [3.05, 3.63) is 15.6 Å². The van der Waals surface area contributed by atoms with Crippen LogP contribution in [0, 0.1) is 19.3 Å². The zero-order valence-corrected chi connectivity index (χ0v) is 17.9. The topological polar surface area (TPSA) is 78.4 Å². The van der Waals surface area contributed by atoms with Gasteiger partial charge in [0.2, 0.25) is 5.91 Å². The van der Waals surface area contributed by atoms with Gasteiger partial charge in [-0.1, -0.05) is 0 Å². The number of thiazole rings is 1. The minimum atomic E-state index is -0.501. The van der Waals surface area contributed by atoms with Crippen molar-refractivity contribution in [1.82, 2.24) is 20.9 Å². The molecule has 0 aliphatic rings. The Morgan fingerprint density at radius 1 is 1.30 bits per heavy atom. The van der Waals surface area contributed by atoms with Gasteiger partial charge < -0.3 is 16.0 Å². The number of nitrogens with one attached hydrogen (secondary N) is 3. The van der Waals surface area contributed by atoms with Gasteiger partial charge in [-0.25, -0.2) is 9.98 Å². The molecule has 1 aromatic heterocycles.